The zero-order valence-electron chi connectivity index (χ0n) is 15.8. The minimum Gasteiger partial charge on any atom is -0.379 e. The minimum absolute atomic E-state index is 0.136. The van der Waals surface area contributed by atoms with Crippen molar-refractivity contribution in [2.45, 2.75) is 12.2 Å². The van der Waals surface area contributed by atoms with Gasteiger partial charge in [-0.3, -0.25) is 19.8 Å². The number of nitro groups is 1. The standard InChI is InChI=1S/C20H21N5O4/c26-19(15-4-3-5-16(14-15)25(27)28)23-20(8-9-24-10-12-29-13-11-24)21-17-6-1-2-7-18(17)22-20/h1-7,14H,8-13H2,(H,23,26). The molecule has 2 aromatic carbocycles. The molecular formula is C20H21N5O4. The fourth-order valence-electron chi connectivity index (χ4n) is 3.46. The van der Waals surface area contributed by atoms with Gasteiger partial charge < -0.3 is 10.1 Å². The normalized spacial score (nSPS) is 17.7. The monoisotopic (exact) mass is 395 g/mol. The smallest absolute Gasteiger partial charge is 0.270 e. The lowest BCUT2D eigenvalue weighted by Gasteiger charge is -2.31. The van der Waals surface area contributed by atoms with Crippen molar-refractivity contribution in [2.75, 3.05) is 32.8 Å². The van der Waals surface area contributed by atoms with Crippen molar-refractivity contribution in [3.63, 3.8) is 0 Å². The summed E-state index contributed by atoms with van der Waals surface area (Å²) < 4.78 is 5.39. The Morgan fingerprint density at radius 2 is 1.83 bits per heavy atom. The molecule has 9 heteroatoms. The highest BCUT2D eigenvalue weighted by atomic mass is 16.6. The Kier molecular flexibility index (Phi) is 5.32. The molecule has 1 saturated heterocycles. The maximum atomic E-state index is 12.9. The molecule has 4 rings (SSSR count). The largest absolute Gasteiger partial charge is 0.379 e. The van der Waals surface area contributed by atoms with Crippen LogP contribution in [0.1, 0.15) is 16.8 Å². The number of carbonyl (C=O) groups excluding carboxylic acids is 1. The van der Waals surface area contributed by atoms with E-state index in [4.69, 9.17) is 14.7 Å². The third-order valence-electron chi connectivity index (χ3n) is 5.01. The lowest BCUT2D eigenvalue weighted by Crippen LogP contribution is -2.48. The summed E-state index contributed by atoms with van der Waals surface area (Å²) in [6, 6.07) is 13.1. The predicted octanol–water partition coefficient (Wildman–Crippen LogP) is 0.654. The third kappa shape index (κ3) is 4.30. The topological polar surface area (TPSA) is 109 Å². The van der Waals surface area contributed by atoms with Crippen LogP contribution in [0.25, 0.3) is 0 Å². The van der Waals surface area contributed by atoms with Crippen LogP contribution >= 0.6 is 0 Å². The van der Waals surface area contributed by atoms with Gasteiger partial charge in [-0.1, -0.05) is 18.2 Å². The molecule has 0 saturated carbocycles. The van der Waals surface area contributed by atoms with Crippen molar-refractivity contribution in [3.8, 4) is 0 Å². The van der Waals surface area contributed by atoms with Crippen LogP contribution in [0.2, 0.25) is 0 Å². The number of rotatable bonds is 6. The Labute approximate surface area is 166 Å². The molecule has 2 heterocycles. The van der Waals surface area contributed by atoms with Crippen molar-refractivity contribution in [3.05, 3.63) is 74.9 Å². The van der Waals surface area contributed by atoms with E-state index in [1.807, 2.05) is 24.3 Å². The maximum absolute atomic E-state index is 12.9. The van der Waals surface area contributed by atoms with E-state index < -0.39 is 16.6 Å². The molecule has 2 aliphatic rings. The van der Waals surface area contributed by atoms with E-state index in [0.29, 0.717) is 36.9 Å². The van der Waals surface area contributed by atoms with Crippen molar-refractivity contribution < 1.29 is 14.5 Å². The predicted molar refractivity (Wildman–Crippen MR) is 104 cm³/mol. The molecule has 150 valence electrons. The van der Waals surface area contributed by atoms with Crippen LogP contribution in [0.15, 0.2) is 58.5 Å². The summed E-state index contributed by atoms with van der Waals surface area (Å²) in [6.45, 7) is 3.70. The van der Waals surface area contributed by atoms with E-state index in [9.17, 15) is 14.9 Å². The highest BCUT2D eigenvalue weighted by Crippen LogP contribution is 2.19. The lowest BCUT2D eigenvalue weighted by atomic mass is 10.1. The van der Waals surface area contributed by atoms with Crippen molar-refractivity contribution in [2.24, 2.45) is 9.98 Å². The molecule has 1 N–H and O–H groups in total. The Balaban J connectivity index is 1.59. The van der Waals surface area contributed by atoms with E-state index in [1.165, 1.54) is 18.2 Å². The molecule has 0 atom stereocenters. The number of para-hydroxylation sites is 2. The third-order valence-corrected chi connectivity index (χ3v) is 5.01. The number of hydrogen-bond acceptors (Lipinski definition) is 7. The molecule has 0 unspecified atom stereocenters. The lowest BCUT2D eigenvalue weighted by molar-refractivity contribution is -0.384. The number of non-ortho nitro benzene ring substituents is 1. The number of benzene rings is 2. The molecule has 0 spiro atoms. The van der Waals surface area contributed by atoms with Gasteiger partial charge in [0, 0.05) is 43.8 Å². The number of hydrogen-bond donors (Lipinski definition) is 1. The molecular weight excluding hydrogens is 374 g/mol. The summed E-state index contributed by atoms with van der Waals surface area (Å²) in [5, 5.41) is 15.4. The summed E-state index contributed by atoms with van der Waals surface area (Å²) in [5.74, 6) is -1.58. The van der Waals surface area contributed by atoms with Gasteiger partial charge in [0.05, 0.1) is 28.9 Å². The van der Waals surface area contributed by atoms with Crippen LogP contribution in [0.4, 0.5) is 5.69 Å². The second kappa shape index (κ2) is 8.06. The molecule has 1 amide bonds. The molecule has 0 aliphatic carbocycles. The molecule has 29 heavy (non-hydrogen) atoms. The minimum atomic E-state index is -1.14. The SMILES string of the molecule is O=C(NC1(CCN2CCOCC2)N=c2ccccc2=N1)c1cccc([N+](=O)[O-])c1. The first kappa shape index (κ1) is 19.2. The van der Waals surface area contributed by atoms with Gasteiger partial charge in [-0.15, -0.1) is 0 Å². The number of amides is 1. The fourth-order valence-corrected chi connectivity index (χ4v) is 3.46. The average Bonchev–Trinajstić information content (AvgIpc) is 3.11. The summed E-state index contributed by atoms with van der Waals surface area (Å²) in [7, 11) is 0. The number of fused-ring (bicyclic) bond motifs is 1. The first-order valence-electron chi connectivity index (χ1n) is 9.47. The molecule has 9 nitrogen and oxygen atoms in total. The molecule has 2 aromatic rings. The molecule has 0 bridgehead atoms. The van der Waals surface area contributed by atoms with E-state index in [1.54, 1.807) is 6.07 Å². The van der Waals surface area contributed by atoms with Crippen LogP contribution in [0.3, 0.4) is 0 Å². The number of ether oxygens (including phenoxy) is 1. The molecule has 0 radical (unpaired) electrons. The zero-order valence-corrected chi connectivity index (χ0v) is 15.8. The number of nitro benzene ring substituents is 1. The van der Waals surface area contributed by atoms with Crippen molar-refractivity contribution in [1.82, 2.24) is 10.2 Å². The van der Waals surface area contributed by atoms with Crippen LogP contribution < -0.4 is 16.0 Å². The zero-order chi connectivity index (χ0) is 20.3. The second-order valence-electron chi connectivity index (χ2n) is 6.99. The van der Waals surface area contributed by atoms with Gasteiger partial charge in [-0.05, 0) is 18.2 Å². The van der Waals surface area contributed by atoms with E-state index >= 15 is 0 Å². The van der Waals surface area contributed by atoms with Crippen LogP contribution in [0.5, 0.6) is 0 Å². The number of morpholine rings is 1. The summed E-state index contributed by atoms with van der Waals surface area (Å²) in [4.78, 5) is 35.1. The van der Waals surface area contributed by atoms with Gasteiger partial charge in [0.15, 0.2) is 0 Å². The van der Waals surface area contributed by atoms with Gasteiger partial charge in [-0.2, -0.15) is 0 Å². The number of carbonyl (C=O) groups is 1. The summed E-state index contributed by atoms with van der Waals surface area (Å²) in [5.41, 5.74) is 0.0647. The van der Waals surface area contributed by atoms with Gasteiger partial charge >= 0.3 is 0 Å². The van der Waals surface area contributed by atoms with Crippen LogP contribution in [0, 0.1) is 10.1 Å². The van der Waals surface area contributed by atoms with E-state index in [2.05, 4.69) is 10.2 Å². The number of nitrogens with one attached hydrogen (secondary N) is 1. The van der Waals surface area contributed by atoms with Gasteiger partial charge in [0.25, 0.3) is 11.6 Å². The number of nitrogens with zero attached hydrogens (tertiary/aromatic N) is 4. The average molecular weight is 395 g/mol. The highest BCUT2D eigenvalue weighted by molar-refractivity contribution is 5.95. The van der Waals surface area contributed by atoms with Crippen LogP contribution in [-0.4, -0.2) is 54.4 Å². The maximum Gasteiger partial charge on any atom is 0.270 e. The fraction of sp³-hybridized carbons (Fsp3) is 0.350. The Hall–Kier alpha value is -3.17. The van der Waals surface area contributed by atoms with Crippen LogP contribution in [-0.2, 0) is 4.74 Å². The second-order valence-corrected chi connectivity index (χ2v) is 6.99. The van der Waals surface area contributed by atoms with Crippen molar-refractivity contribution in [1.29, 1.82) is 0 Å². The first-order chi connectivity index (χ1) is 14.0. The molecule has 1 fully saturated rings. The highest BCUT2D eigenvalue weighted by Gasteiger charge is 2.34. The van der Waals surface area contributed by atoms with Gasteiger partial charge in [-0.25, -0.2) is 9.98 Å². The quantitative estimate of drug-likeness (QED) is 0.571. The van der Waals surface area contributed by atoms with Gasteiger partial charge in [0.1, 0.15) is 0 Å². The first-order valence-corrected chi connectivity index (χ1v) is 9.47. The summed E-state index contributed by atoms with van der Waals surface area (Å²) >= 11 is 0. The Morgan fingerprint density at radius 1 is 1.14 bits per heavy atom. The molecule has 0 aromatic heterocycles. The Morgan fingerprint density at radius 3 is 2.48 bits per heavy atom. The van der Waals surface area contributed by atoms with E-state index in [-0.39, 0.29) is 11.3 Å². The summed E-state index contributed by atoms with van der Waals surface area (Å²) in [6.07, 6.45) is 0.488. The molecule has 2 aliphatic heterocycles. The Bertz CT molecular complexity index is 1010. The van der Waals surface area contributed by atoms with Crippen molar-refractivity contribution >= 4 is 11.6 Å². The van der Waals surface area contributed by atoms with E-state index in [0.717, 1.165) is 13.1 Å². The van der Waals surface area contributed by atoms with Gasteiger partial charge in [0.2, 0.25) is 5.79 Å².